The van der Waals surface area contributed by atoms with E-state index in [1.54, 1.807) is 0 Å². The highest BCUT2D eigenvalue weighted by Gasteiger charge is 2.06. The molecule has 0 aliphatic heterocycles. The number of benzene rings is 2. The molecular weight excluding hydrogens is 232 g/mol. The normalized spacial score (nSPS) is 12.2. The van der Waals surface area contributed by atoms with Crippen molar-refractivity contribution in [3.63, 3.8) is 0 Å². The Bertz CT molecular complexity index is 514. The smallest absolute Gasteiger partial charge is 0.0408 e. The third-order valence-electron chi connectivity index (χ3n) is 3.57. The van der Waals surface area contributed by atoms with Gasteiger partial charge in [0.1, 0.15) is 0 Å². The molecule has 2 aromatic rings. The van der Waals surface area contributed by atoms with Crippen molar-refractivity contribution < 1.29 is 0 Å². The molecule has 0 spiro atoms. The number of hydrogen-bond donors (Lipinski definition) is 1. The number of nitrogens with two attached hydrogens (primary N) is 1. The molecule has 0 amide bonds. The van der Waals surface area contributed by atoms with Crippen LogP contribution in [0.4, 0.5) is 11.4 Å². The Morgan fingerprint density at radius 2 is 1.42 bits per heavy atom. The zero-order valence-corrected chi connectivity index (χ0v) is 11.9. The quantitative estimate of drug-likeness (QED) is 0.887. The van der Waals surface area contributed by atoms with Gasteiger partial charge in [0.25, 0.3) is 0 Å². The maximum absolute atomic E-state index is 6.03. The van der Waals surface area contributed by atoms with Crippen molar-refractivity contribution in [1.29, 1.82) is 0 Å². The molecule has 2 heteroatoms. The molecule has 0 bridgehead atoms. The van der Waals surface area contributed by atoms with Crippen LogP contribution in [0.25, 0.3) is 0 Å². The molecule has 0 aliphatic rings. The van der Waals surface area contributed by atoms with Crippen LogP contribution >= 0.6 is 0 Å². The Morgan fingerprint density at radius 1 is 0.947 bits per heavy atom. The van der Waals surface area contributed by atoms with Crippen LogP contribution in [0.2, 0.25) is 0 Å². The number of hydrogen-bond acceptors (Lipinski definition) is 2. The van der Waals surface area contributed by atoms with Gasteiger partial charge >= 0.3 is 0 Å². The van der Waals surface area contributed by atoms with Gasteiger partial charge in [-0.25, -0.2) is 0 Å². The lowest BCUT2D eigenvalue weighted by Gasteiger charge is -2.20. The molecule has 0 saturated heterocycles. The van der Waals surface area contributed by atoms with Gasteiger partial charge in [0.15, 0.2) is 0 Å². The van der Waals surface area contributed by atoms with Crippen LogP contribution in [0.1, 0.15) is 30.5 Å². The lowest BCUT2D eigenvalue weighted by atomic mass is 10.0. The Morgan fingerprint density at radius 3 is 1.89 bits per heavy atom. The minimum Gasteiger partial charge on any atom is -0.345 e. The highest BCUT2D eigenvalue weighted by Crippen LogP contribution is 2.25. The van der Waals surface area contributed by atoms with E-state index in [2.05, 4.69) is 74.3 Å². The van der Waals surface area contributed by atoms with Gasteiger partial charge in [0, 0.05) is 24.5 Å². The fraction of sp³-hybridized carbons (Fsp3) is 0.294. The summed E-state index contributed by atoms with van der Waals surface area (Å²) >= 11 is 0. The van der Waals surface area contributed by atoms with Crippen molar-refractivity contribution in [2.75, 3.05) is 11.9 Å². The fourth-order valence-electron chi connectivity index (χ4n) is 2.10. The van der Waals surface area contributed by atoms with Gasteiger partial charge in [-0.15, -0.1) is 0 Å². The van der Waals surface area contributed by atoms with E-state index in [0.717, 1.165) is 6.42 Å². The summed E-state index contributed by atoms with van der Waals surface area (Å²) in [7, 11) is 2.08. The monoisotopic (exact) mass is 254 g/mol. The maximum atomic E-state index is 6.03. The van der Waals surface area contributed by atoms with E-state index in [0.29, 0.717) is 0 Å². The molecule has 1 atom stereocenters. The molecule has 0 fully saturated rings. The average molecular weight is 254 g/mol. The summed E-state index contributed by atoms with van der Waals surface area (Å²) in [4.78, 5) is 2.18. The van der Waals surface area contributed by atoms with E-state index in [1.165, 1.54) is 22.5 Å². The summed E-state index contributed by atoms with van der Waals surface area (Å²) < 4.78 is 0. The molecular formula is C17H22N2. The minimum absolute atomic E-state index is 0.138. The van der Waals surface area contributed by atoms with Crippen LogP contribution < -0.4 is 10.6 Å². The van der Waals surface area contributed by atoms with Crippen LogP contribution in [0.5, 0.6) is 0 Å². The molecule has 2 rings (SSSR count). The molecule has 19 heavy (non-hydrogen) atoms. The summed E-state index contributed by atoms with van der Waals surface area (Å²) in [5, 5.41) is 0. The SMILES string of the molecule is CCC(N)c1ccc(N(C)c2ccc(C)cc2)cc1. The van der Waals surface area contributed by atoms with Crippen molar-refractivity contribution in [3.8, 4) is 0 Å². The lowest BCUT2D eigenvalue weighted by molar-refractivity contribution is 0.699. The first-order valence-electron chi connectivity index (χ1n) is 6.77. The first-order valence-corrected chi connectivity index (χ1v) is 6.77. The van der Waals surface area contributed by atoms with Gasteiger partial charge < -0.3 is 10.6 Å². The second-order valence-corrected chi connectivity index (χ2v) is 5.00. The van der Waals surface area contributed by atoms with Crippen LogP contribution in [-0.2, 0) is 0 Å². The topological polar surface area (TPSA) is 29.3 Å². The molecule has 100 valence electrons. The third-order valence-corrected chi connectivity index (χ3v) is 3.57. The zero-order valence-electron chi connectivity index (χ0n) is 11.9. The van der Waals surface area contributed by atoms with Crippen molar-refractivity contribution in [2.45, 2.75) is 26.3 Å². The summed E-state index contributed by atoms with van der Waals surface area (Å²) in [6, 6.07) is 17.2. The van der Waals surface area contributed by atoms with Gasteiger partial charge in [-0.2, -0.15) is 0 Å². The summed E-state index contributed by atoms with van der Waals surface area (Å²) in [5.41, 5.74) is 10.9. The molecule has 0 aliphatic carbocycles. The van der Waals surface area contributed by atoms with Crippen molar-refractivity contribution >= 4 is 11.4 Å². The Hall–Kier alpha value is -1.80. The largest absolute Gasteiger partial charge is 0.345 e. The second-order valence-electron chi connectivity index (χ2n) is 5.00. The second kappa shape index (κ2) is 5.89. The molecule has 0 radical (unpaired) electrons. The molecule has 0 saturated carbocycles. The number of aryl methyl sites for hydroxylation is 1. The van der Waals surface area contributed by atoms with Crippen molar-refractivity contribution in [2.24, 2.45) is 5.73 Å². The van der Waals surface area contributed by atoms with Gasteiger partial charge in [-0.1, -0.05) is 36.8 Å². The highest BCUT2D eigenvalue weighted by molar-refractivity contribution is 5.62. The van der Waals surface area contributed by atoms with E-state index in [1.807, 2.05) is 0 Å². The third kappa shape index (κ3) is 3.15. The zero-order chi connectivity index (χ0) is 13.8. The van der Waals surface area contributed by atoms with Crippen LogP contribution in [0.3, 0.4) is 0 Å². The number of nitrogens with zero attached hydrogens (tertiary/aromatic N) is 1. The molecule has 0 heterocycles. The van der Waals surface area contributed by atoms with E-state index in [-0.39, 0.29) is 6.04 Å². The minimum atomic E-state index is 0.138. The molecule has 2 aromatic carbocycles. The Kier molecular flexibility index (Phi) is 4.23. The van der Waals surface area contributed by atoms with Gasteiger partial charge in [0.05, 0.1) is 0 Å². The van der Waals surface area contributed by atoms with Crippen LogP contribution in [0, 0.1) is 6.92 Å². The van der Waals surface area contributed by atoms with E-state index in [9.17, 15) is 0 Å². The maximum Gasteiger partial charge on any atom is 0.0408 e. The molecule has 2 nitrogen and oxygen atoms in total. The van der Waals surface area contributed by atoms with E-state index < -0.39 is 0 Å². The number of rotatable bonds is 4. The average Bonchev–Trinajstić information content (AvgIpc) is 2.46. The first kappa shape index (κ1) is 13.6. The summed E-state index contributed by atoms with van der Waals surface area (Å²) in [6.07, 6.45) is 0.965. The van der Waals surface area contributed by atoms with Gasteiger partial charge in [-0.3, -0.25) is 0 Å². The molecule has 0 aromatic heterocycles. The van der Waals surface area contributed by atoms with E-state index in [4.69, 9.17) is 5.73 Å². The Labute approximate surface area is 115 Å². The van der Waals surface area contributed by atoms with Crippen molar-refractivity contribution in [3.05, 3.63) is 59.7 Å². The van der Waals surface area contributed by atoms with Gasteiger partial charge in [-0.05, 0) is 43.2 Å². The molecule has 1 unspecified atom stereocenters. The van der Waals surface area contributed by atoms with Crippen molar-refractivity contribution in [1.82, 2.24) is 0 Å². The Balaban J connectivity index is 2.19. The first-order chi connectivity index (χ1) is 9.11. The van der Waals surface area contributed by atoms with Crippen LogP contribution in [0.15, 0.2) is 48.5 Å². The standard InChI is InChI=1S/C17H22N2/c1-4-17(18)14-7-11-16(12-8-14)19(3)15-9-5-13(2)6-10-15/h5-12,17H,4,18H2,1-3H3. The predicted octanol–water partition coefficient (Wildman–Crippen LogP) is 4.17. The van der Waals surface area contributed by atoms with Gasteiger partial charge in [0.2, 0.25) is 0 Å². The highest BCUT2D eigenvalue weighted by atomic mass is 15.1. The lowest BCUT2D eigenvalue weighted by Crippen LogP contribution is -2.11. The summed E-state index contributed by atoms with van der Waals surface area (Å²) in [5.74, 6) is 0. The molecule has 2 N–H and O–H groups in total. The summed E-state index contributed by atoms with van der Waals surface area (Å²) in [6.45, 7) is 4.21. The van der Waals surface area contributed by atoms with Crippen LogP contribution in [-0.4, -0.2) is 7.05 Å². The number of anilines is 2. The fourth-order valence-corrected chi connectivity index (χ4v) is 2.10. The van der Waals surface area contributed by atoms with E-state index >= 15 is 0 Å². The predicted molar refractivity (Wildman–Crippen MR) is 82.9 cm³/mol.